The van der Waals surface area contributed by atoms with E-state index in [1.54, 1.807) is 12.2 Å². The molecule has 2 saturated carbocycles. The van der Waals surface area contributed by atoms with Gasteiger partial charge >= 0.3 is 49.0 Å². The van der Waals surface area contributed by atoms with Crippen molar-refractivity contribution in [2.75, 3.05) is 0 Å². The Bertz CT molecular complexity index is 1720. The Hall–Kier alpha value is -3.26. The smallest absolute Gasteiger partial charge is 0.272 e. The van der Waals surface area contributed by atoms with E-state index < -0.39 is 113 Å². The fourth-order valence-corrected chi connectivity index (χ4v) is 8.01. The lowest BCUT2D eigenvalue weighted by Gasteiger charge is -2.32. The van der Waals surface area contributed by atoms with Gasteiger partial charge in [-0.1, -0.05) is 24.3 Å². The van der Waals surface area contributed by atoms with Crippen LogP contribution in [0, 0.1) is 47.3 Å². The first-order chi connectivity index (χ1) is 22.0. The Morgan fingerprint density at radius 3 is 1.06 bits per heavy atom. The minimum atomic E-state index is -7.53. The van der Waals surface area contributed by atoms with Gasteiger partial charge in [-0.15, -0.1) is 18.7 Å². The van der Waals surface area contributed by atoms with Crippen molar-refractivity contribution in [1.82, 2.24) is 10.1 Å². The first-order valence-corrected chi connectivity index (χ1v) is 16.1. The molecule has 0 radical (unpaired) electrons. The normalized spacial score (nSPS) is 32.7. The second-order valence-electron chi connectivity index (χ2n) is 11.6. The van der Waals surface area contributed by atoms with Gasteiger partial charge in [-0.3, -0.25) is 19.2 Å². The van der Waals surface area contributed by atoms with Crippen LogP contribution in [-0.4, -0.2) is 79.4 Å². The highest BCUT2D eigenvalue weighted by Gasteiger charge is 2.86. The summed E-state index contributed by atoms with van der Waals surface area (Å²) in [7, 11) is -13.4. The van der Waals surface area contributed by atoms with Crippen molar-refractivity contribution in [3.63, 3.8) is 0 Å². The number of rotatable bonds is 7. The molecule has 8 atom stereocenters. The molecule has 4 amide bonds. The van der Waals surface area contributed by atoms with Crippen LogP contribution in [0.15, 0.2) is 24.3 Å². The molecule has 0 aromatic rings. The van der Waals surface area contributed by atoms with Crippen LogP contribution in [0.25, 0.3) is 0 Å². The van der Waals surface area contributed by atoms with Crippen LogP contribution in [0.2, 0.25) is 0 Å². The third kappa shape index (κ3) is 5.17. The fourth-order valence-electron chi connectivity index (χ4n) is 6.70. The van der Waals surface area contributed by atoms with Gasteiger partial charge in [0.15, 0.2) is 0 Å². The Morgan fingerprint density at radius 2 is 0.796 bits per heavy atom. The number of imide groups is 2. The third-order valence-electron chi connectivity index (χ3n) is 8.92. The summed E-state index contributed by atoms with van der Waals surface area (Å²) in [5.41, 5.74) is -5.69. The molecule has 12 nitrogen and oxygen atoms in total. The molecule has 0 aromatic heterocycles. The minimum absolute atomic E-state index is 0.246. The molecule has 274 valence electrons. The number of hydrogen-bond donors (Lipinski definition) is 0. The maximum absolute atomic E-state index is 13.7. The second-order valence-corrected chi connectivity index (χ2v) is 14.7. The number of halogens is 12. The third-order valence-corrected chi connectivity index (χ3v) is 11.1. The van der Waals surface area contributed by atoms with Crippen molar-refractivity contribution in [3.05, 3.63) is 24.3 Å². The highest BCUT2D eigenvalue weighted by atomic mass is 32.2. The summed E-state index contributed by atoms with van der Waals surface area (Å²) in [4.78, 5) is 48.1. The van der Waals surface area contributed by atoms with Gasteiger partial charge in [-0.05, 0) is 36.5 Å². The van der Waals surface area contributed by atoms with E-state index in [9.17, 15) is 88.7 Å². The predicted octanol–water partition coefficient (Wildman–Crippen LogP) is 3.06. The van der Waals surface area contributed by atoms with Crippen LogP contribution in [0.4, 0.5) is 52.7 Å². The van der Waals surface area contributed by atoms with Gasteiger partial charge in [0, 0.05) is 0 Å². The maximum atomic E-state index is 13.7. The molecule has 2 aliphatic heterocycles. The molecule has 2 heterocycles. The van der Waals surface area contributed by atoms with Crippen molar-refractivity contribution in [1.29, 1.82) is 0 Å². The number of hydrogen-bond acceptors (Lipinski definition) is 10. The SMILES string of the molecule is O=C1C2C3C=CC(C3)C2C(=O)N1OS(=O)(=O)C(F)(F)C(F)(F)C(F)(F)C(F)(F)F.O=C1C2C3C=CC(C3)C2C(=O)N1OS(=O)(=O)C(F)(F)F. The summed E-state index contributed by atoms with van der Waals surface area (Å²) in [6, 6.07) is 0. The van der Waals surface area contributed by atoms with E-state index in [-0.39, 0.29) is 16.9 Å². The Morgan fingerprint density at radius 1 is 0.510 bits per heavy atom. The molecular weight excluding hydrogens is 756 g/mol. The highest BCUT2D eigenvalue weighted by Crippen LogP contribution is 2.57. The second kappa shape index (κ2) is 10.9. The zero-order valence-corrected chi connectivity index (χ0v) is 24.8. The summed E-state index contributed by atoms with van der Waals surface area (Å²) in [6.45, 7) is 0. The van der Waals surface area contributed by atoms with Crippen molar-refractivity contribution < 1.29 is 97.3 Å². The van der Waals surface area contributed by atoms with E-state index in [2.05, 4.69) is 8.57 Å². The lowest BCUT2D eigenvalue weighted by atomic mass is 9.85. The van der Waals surface area contributed by atoms with Gasteiger partial charge in [0.1, 0.15) is 0 Å². The van der Waals surface area contributed by atoms with E-state index in [4.69, 9.17) is 0 Å². The number of carbonyl (C=O) groups excluding carboxylic acids is 4. The van der Waals surface area contributed by atoms with E-state index in [0.717, 1.165) is 0 Å². The molecule has 4 bridgehead atoms. The van der Waals surface area contributed by atoms with Crippen molar-refractivity contribution in [2.24, 2.45) is 47.3 Å². The lowest BCUT2D eigenvalue weighted by molar-refractivity contribution is -0.383. The number of nitrogens with zero attached hydrogens (tertiary/aromatic N) is 2. The van der Waals surface area contributed by atoms with Gasteiger partial charge in [0.2, 0.25) is 0 Å². The van der Waals surface area contributed by atoms with Crippen LogP contribution in [0.1, 0.15) is 12.8 Å². The number of carbonyl (C=O) groups is 4. The van der Waals surface area contributed by atoms with Crippen LogP contribution < -0.4 is 0 Å². The number of alkyl halides is 12. The maximum Gasteiger partial charge on any atom is 0.525 e. The molecule has 6 aliphatic rings. The number of fused-ring (bicyclic) bond motifs is 10. The van der Waals surface area contributed by atoms with Gasteiger partial charge in [0.05, 0.1) is 23.7 Å². The molecule has 6 rings (SSSR count). The summed E-state index contributed by atoms with van der Waals surface area (Å²) in [5.74, 6) is -25.9. The lowest BCUT2D eigenvalue weighted by Crippen LogP contribution is -2.64. The molecule has 0 aromatic carbocycles. The fraction of sp³-hybridized carbons (Fsp3) is 0.652. The molecule has 4 fully saturated rings. The predicted molar refractivity (Wildman–Crippen MR) is 126 cm³/mol. The molecular formula is C23H16F12N2O10S2. The average Bonchev–Trinajstić information content (AvgIpc) is 3.81. The van der Waals surface area contributed by atoms with Crippen LogP contribution in [0.3, 0.4) is 0 Å². The number of allylic oxidation sites excluding steroid dienone is 4. The van der Waals surface area contributed by atoms with Crippen LogP contribution in [-0.2, 0) is 48.0 Å². The van der Waals surface area contributed by atoms with Crippen molar-refractivity contribution in [3.8, 4) is 0 Å². The zero-order valence-electron chi connectivity index (χ0n) is 23.2. The number of hydroxylamine groups is 4. The monoisotopic (exact) mass is 772 g/mol. The topological polar surface area (TPSA) is 161 Å². The average molecular weight is 772 g/mol. The quantitative estimate of drug-likeness (QED) is 0.163. The molecule has 0 N–H and O–H groups in total. The first kappa shape index (κ1) is 37.0. The largest absolute Gasteiger partial charge is 0.525 e. The summed E-state index contributed by atoms with van der Waals surface area (Å²) in [6.07, 6.45) is 0.00356. The van der Waals surface area contributed by atoms with E-state index in [0.29, 0.717) is 12.8 Å². The minimum Gasteiger partial charge on any atom is -0.272 e. The highest BCUT2D eigenvalue weighted by molar-refractivity contribution is 7.88. The Labute approximate surface area is 264 Å². The summed E-state index contributed by atoms with van der Waals surface area (Å²) in [5, 5.41) is -8.20. The van der Waals surface area contributed by atoms with Crippen molar-refractivity contribution >= 4 is 43.9 Å². The molecule has 49 heavy (non-hydrogen) atoms. The molecule has 4 aliphatic carbocycles. The Balaban J connectivity index is 0.000000204. The van der Waals surface area contributed by atoms with E-state index >= 15 is 0 Å². The molecule has 26 heteroatoms. The van der Waals surface area contributed by atoms with E-state index in [1.165, 1.54) is 12.2 Å². The first-order valence-electron chi connectivity index (χ1n) is 13.3. The van der Waals surface area contributed by atoms with Crippen molar-refractivity contribution in [2.45, 2.75) is 41.6 Å². The van der Waals surface area contributed by atoms with Gasteiger partial charge in [-0.2, -0.15) is 69.5 Å². The van der Waals surface area contributed by atoms with Gasteiger partial charge in [-0.25, -0.2) is 0 Å². The summed E-state index contributed by atoms with van der Waals surface area (Å²) < 4.78 is 205. The standard InChI is InChI=1S/C13H8F9NO5S.C10H8F3NO5S/c14-10(15,12(18,19)20)11(16,17)13(21,22)29(26,27)28-23-8(24)6-4-1-2-5(3-4)7(6)9(23)25;11-10(12,13)20(17,18)19-14-8(15)6-4-1-2-5(3-4)7(6)9(14)16/h1-2,4-7H,3H2;1-2,4-7H,3H2. The molecule has 2 saturated heterocycles. The van der Waals surface area contributed by atoms with Crippen LogP contribution >= 0.6 is 0 Å². The van der Waals surface area contributed by atoms with Crippen LogP contribution in [0.5, 0.6) is 0 Å². The van der Waals surface area contributed by atoms with Gasteiger partial charge in [0.25, 0.3) is 23.6 Å². The molecule has 8 unspecified atom stereocenters. The Kier molecular flexibility index (Phi) is 8.21. The number of amides is 4. The van der Waals surface area contributed by atoms with E-state index in [1.807, 2.05) is 0 Å². The zero-order chi connectivity index (χ0) is 37.2. The van der Waals surface area contributed by atoms with Gasteiger partial charge < -0.3 is 0 Å². The molecule has 0 spiro atoms. The summed E-state index contributed by atoms with van der Waals surface area (Å²) >= 11 is 0.